The van der Waals surface area contributed by atoms with E-state index in [0.29, 0.717) is 0 Å². The van der Waals surface area contributed by atoms with Crippen LogP contribution in [0.4, 0.5) is 0 Å². The quantitative estimate of drug-likeness (QED) is 0.610. The number of methoxy groups -OCH3 is 1. The van der Waals surface area contributed by atoms with Crippen molar-refractivity contribution in [2.24, 2.45) is 0 Å². The first-order chi connectivity index (χ1) is 10.6. The predicted molar refractivity (Wildman–Crippen MR) is 96.6 cm³/mol. The first-order valence-electron chi connectivity index (χ1n) is 7.17. The van der Waals surface area contributed by atoms with Crippen LogP contribution in [0.3, 0.4) is 0 Å². The molecule has 3 heteroatoms. The maximum absolute atomic E-state index is 5.35. The number of fused-ring (bicyclic) bond motifs is 1. The molecule has 0 radical (unpaired) electrons. The Hall–Kier alpha value is -2.00. The van der Waals surface area contributed by atoms with Crippen molar-refractivity contribution >= 4 is 32.9 Å². The van der Waals surface area contributed by atoms with Gasteiger partial charge >= 0.3 is 0 Å². The third-order valence-electron chi connectivity index (χ3n) is 4.04. The average molecular weight is 356 g/mol. The molecular formula is C19H18BrNO. The fourth-order valence-electron chi connectivity index (χ4n) is 2.85. The molecular weight excluding hydrogens is 338 g/mol. The lowest BCUT2D eigenvalue weighted by Gasteiger charge is -2.09. The minimum Gasteiger partial charge on any atom is -0.497 e. The highest BCUT2D eigenvalue weighted by Gasteiger charge is 2.13. The number of ether oxygens (including phenoxy) is 1. The monoisotopic (exact) mass is 355 g/mol. The Kier molecular flexibility index (Phi) is 4.08. The molecule has 0 unspecified atom stereocenters. The van der Waals surface area contributed by atoms with Crippen molar-refractivity contribution in [1.29, 1.82) is 0 Å². The summed E-state index contributed by atoms with van der Waals surface area (Å²) in [5, 5.41) is 1.18. The Balaban J connectivity index is 2.14. The molecule has 0 bridgehead atoms. The molecule has 0 fully saturated rings. The van der Waals surface area contributed by atoms with Crippen LogP contribution in [0.15, 0.2) is 53.5 Å². The summed E-state index contributed by atoms with van der Waals surface area (Å²) in [6.45, 7) is 6.95. The lowest BCUT2D eigenvalue weighted by atomic mass is 10.1. The third kappa shape index (κ3) is 2.57. The molecule has 0 aliphatic heterocycles. The van der Waals surface area contributed by atoms with Crippen LogP contribution in [-0.4, -0.2) is 11.7 Å². The van der Waals surface area contributed by atoms with Crippen LogP contribution in [0.2, 0.25) is 0 Å². The number of nitrogens with zero attached hydrogens (tertiary/aromatic N) is 1. The van der Waals surface area contributed by atoms with E-state index in [-0.39, 0.29) is 0 Å². The van der Waals surface area contributed by atoms with Gasteiger partial charge in [0.2, 0.25) is 0 Å². The highest BCUT2D eigenvalue weighted by Crippen LogP contribution is 2.30. The molecule has 0 amide bonds. The second kappa shape index (κ2) is 6.01. The highest BCUT2D eigenvalue weighted by molar-refractivity contribution is 9.10. The molecule has 0 spiro atoms. The number of hydrogen-bond donors (Lipinski definition) is 0. The summed E-state index contributed by atoms with van der Waals surface area (Å²) in [6, 6.07) is 14.7. The molecule has 112 valence electrons. The molecule has 0 aliphatic carbocycles. The van der Waals surface area contributed by atoms with Crippen molar-refractivity contribution in [2.75, 3.05) is 7.11 Å². The van der Waals surface area contributed by atoms with E-state index in [1.54, 1.807) is 7.11 Å². The van der Waals surface area contributed by atoms with E-state index in [4.69, 9.17) is 4.74 Å². The largest absolute Gasteiger partial charge is 0.497 e. The molecule has 0 N–H and O–H groups in total. The molecule has 2 nitrogen and oxygen atoms in total. The predicted octanol–water partition coefficient (Wildman–Crippen LogP) is 5.41. The van der Waals surface area contributed by atoms with Gasteiger partial charge < -0.3 is 9.30 Å². The first-order valence-corrected chi connectivity index (χ1v) is 7.97. The first kappa shape index (κ1) is 14.9. The molecule has 3 aromatic rings. The van der Waals surface area contributed by atoms with Gasteiger partial charge in [-0.15, -0.1) is 0 Å². The van der Waals surface area contributed by atoms with Crippen LogP contribution in [-0.2, 0) is 6.54 Å². The van der Waals surface area contributed by atoms with Crippen molar-refractivity contribution in [1.82, 2.24) is 4.57 Å². The van der Waals surface area contributed by atoms with Crippen molar-refractivity contribution in [3.63, 3.8) is 0 Å². The molecule has 1 aromatic heterocycles. The summed E-state index contributed by atoms with van der Waals surface area (Å²) < 4.78 is 8.78. The standard InChI is InChI=1S/C19H18BrNO/c1-4-17-13(2)21(12-14-5-7-15(20)8-6-14)19-10-9-16(22-3)11-18(17)19/h4-11H,1,12H2,2-3H3. The molecule has 1 heterocycles. The smallest absolute Gasteiger partial charge is 0.119 e. The van der Waals surface area contributed by atoms with Crippen LogP contribution < -0.4 is 4.74 Å². The molecule has 0 saturated heterocycles. The van der Waals surface area contributed by atoms with Crippen molar-refractivity contribution in [3.8, 4) is 5.75 Å². The van der Waals surface area contributed by atoms with Gasteiger partial charge in [0.25, 0.3) is 0 Å². The Morgan fingerprint density at radius 3 is 2.55 bits per heavy atom. The van der Waals surface area contributed by atoms with Gasteiger partial charge in [0.15, 0.2) is 0 Å². The Bertz CT molecular complexity index is 831. The maximum Gasteiger partial charge on any atom is 0.119 e. The number of benzene rings is 2. The number of aromatic nitrogens is 1. The Morgan fingerprint density at radius 1 is 1.18 bits per heavy atom. The fraction of sp³-hybridized carbons (Fsp3) is 0.158. The Morgan fingerprint density at radius 2 is 1.91 bits per heavy atom. The highest BCUT2D eigenvalue weighted by atomic mass is 79.9. The van der Waals surface area contributed by atoms with Crippen molar-refractivity contribution in [3.05, 3.63) is 70.3 Å². The van der Waals surface area contributed by atoms with E-state index in [9.17, 15) is 0 Å². The Labute approximate surface area is 139 Å². The van der Waals surface area contributed by atoms with E-state index in [1.807, 2.05) is 12.1 Å². The van der Waals surface area contributed by atoms with E-state index in [1.165, 1.54) is 27.7 Å². The van der Waals surface area contributed by atoms with E-state index in [0.717, 1.165) is 16.8 Å². The minimum atomic E-state index is 0.843. The molecule has 3 rings (SSSR count). The van der Waals surface area contributed by atoms with Gasteiger partial charge in [0.05, 0.1) is 7.11 Å². The zero-order chi connectivity index (χ0) is 15.7. The lowest BCUT2D eigenvalue weighted by molar-refractivity contribution is 0.415. The summed E-state index contributed by atoms with van der Waals surface area (Å²) in [4.78, 5) is 0. The molecule has 22 heavy (non-hydrogen) atoms. The second-order valence-corrected chi connectivity index (χ2v) is 6.21. The molecule has 0 saturated carbocycles. The van der Waals surface area contributed by atoms with Crippen LogP contribution in [0.25, 0.3) is 17.0 Å². The average Bonchev–Trinajstić information content (AvgIpc) is 2.80. The zero-order valence-corrected chi connectivity index (χ0v) is 14.4. The number of hydrogen-bond acceptors (Lipinski definition) is 1. The van der Waals surface area contributed by atoms with Gasteiger partial charge in [0, 0.05) is 33.2 Å². The van der Waals surface area contributed by atoms with E-state index >= 15 is 0 Å². The van der Waals surface area contributed by atoms with Crippen molar-refractivity contribution < 1.29 is 4.74 Å². The second-order valence-electron chi connectivity index (χ2n) is 5.30. The maximum atomic E-state index is 5.35. The summed E-state index contributed by atoms with van der Waals surface area (Å²) in [5.74, 6) is 0.872. The van der Waals surface area contributed by atoms with Gasteiger partial charge in [-0.1, -0.05) is 40.7 Å². The lowest BCUT2D eigenvalue weighted by Crippen LogP contribution is -2.01. The van der Waals surface area contributed by atoms with Crippen LogP contribution >= 0.6 is 15.9 Å². The summed E-state index contributed by atoms with van der Waals surface area (Å²) in [5.41, 5.74) is 4.87. The zero-order valence-electron chi connectivity index (χ0n) is 12.8. The van der Waals surface area contributed by atoms with Gasteiger partial charge in [0.1, 0.15) is 5.75 Å². The summed E-state index contributed by atoms with van der Waals surface area (Å²) in [7, 11) is 1.69. The van der Waals surface area contributed by atoms with E-state index in [2.05, 4.69) is 70.4 Å². The van der Waals surface area contributed by atoms with Crippen molar-refractivity contribution in [2.45, 2.75) is 13.5 Å². The van der Waals surface area contributed by atoms with Crippen LogP contribution in [0.5, 0.6) is 5.75 Å². The van der Waals surface area contributed by atoms with Gasteiger partial charge in [-0.25, -0.2) is 0 Å². The summed E-state index contributed by atoms with van der Waals surface area (Å²) >= 11 is 3.48. The van der Waals surface area contributed by atoms with Gasteiger partial charge in [-0.05, 0) is 42.8 Å². The fourth-order valence-corrected chi connectivity index (χ4v) is 3.11. The van der Waals surface area contributed by atoms with Crippen LogP contribution in [0, 0.1) is 6.92 Å². The molecule has 2 aromatic carbocycles. The van der Waals surface area contributed by atoms with Gasteiger partial charge in [-0.2, -0.15) is 0 Å². The summed E-state index contributed by atoms with van der Waals surface area (Å²) in [6.07, 6.45) is 1.93. The van der Waals surface area contributed by atoms with E-state index < -0.39 is 0 Å². The molecule has 0 aliphatic rings. The number of rotatable bonds is 4. The van der Waals surface area contributed by atoms with Gasteiger partial charge in [-0.3, -0.25) is 0 Å². The minimum absolute atomic E-state index is 0.843. The van der Waals surface area contributed by atoms with Crippen LogP contribution in [0.1, 0.15) is 16.8 Å². The number of halogens is 1. The normalized spacial score (nSPS) is 10.9. The molecule has 0 atom stereocenters. The third-order valence-corrected chi connectivity index (χ3v) is 4.57. The SMILES string of the molecule is C=Cc1c(C)n(Cc2ccc(Br)cc2)c2ccc(OC)cc12. The topological polar surface area (TPSA) is 14.2 Å².